The molecule has 0 amide bonds. The number of hydrogen-bond acceptors (Lipinski definition) is 3. The fourth-order valence-corrected chi connectivity index (χ4v) is 1.30. The van der Waals surface area contributed by atoms with Gasteiger partial charge >= 0.3 is 0 Å². The normalized spacial score (nSPS) is 16.9. The van der Waals surface area contributed by atoms with E-state index < -0.39 is 18.2 Å². The van der Waals surface area contributed by atoms with Crippen LogP contribution in [0.3, 0.4) is 0 Å². The van der Waals surface area contributed by atoms with Crippen molar-refractivity contribution in [1.29, 1.82) is 0 Å². The second-order valence-corrected chi connectivity index (χ2v) is 3.38. The van der Waals surface area contributed by atoms with Crippen LogP contribution in [-0.4, -0.2) is 28.5 Å². The summed E-state index contributed by atoms with van der Waals surface area (Å²) in [6.45, 7) is 3.83. The molecule has 0 aliphatic rings. The van der Waals surface area contributed by atoms with Crippen LogP contribution in [0.4, 0.5) is 0 Å². The van der Waals surface area contributed by atoms with Gasteiger partial charge in [-0.25, -0.2) is 0 Å². The molecule has 82 valence electrons. The highest BCUT2D eigenvalue weighted by Gasteiger charge is 2.23. The summed E-state index contributed by atoms with van der Waals surface area (Å²) in [4.78, 5) is 2.64. The molecular formula is C9H19N3O2. The van der Waals surface area contributed by atoms with Crippen LogP contribution >= 0.6 is 0 Å². The first-order valence-corrected chi connectivity index (χ1v) is 5.07. The zero-order valence-corrected chi connectivity index (χ0v) is 8.80. The summed E-state index contributed by atoms with van der Waals surface area (Å²) in [6.07, 6.45) is 1.20. The molecular weight excluding hydrogens is 182 g/mol. The molecule has 3 unspecified atom stereocenters. The van der Waals surface area contributed by atoms with Gasteiger partial charge in [0.05, 0.1) is 18.2 Å². The van der Waals surface area contributed by atoms with E-state index in [1.807, 2.05) is 13.8 Å². The predicted molar refractivity (Wildman–Crippen MR) is 54.8 cm³/mol. The van der Waals surface area contributed by atoms with Crippen molar-refractivity contribution in [2.75, 3.05) is 0 Å². The molecule has 0 aliphatic carbocycles. The molecule has 0 saturated heterocycles. The van der Waals surface area contributed by atoms with Crippen LogP contribution in [0.25, 0.3) is 10.4 Å². The Bertz CT molecular complexity index is 192. The molecule has 0 aromatic heterocycles. The molecule has 0 spiro atoms. The second kappa shape index (κ2) is 7.62. The maximum Gasteiger partial charge on any atom is 0.0883 e. The largest absolute Gasteiger partial charge is 0.390 e. The lowest BCUT2D eigenvalue weighted by atomic mass is 10.00. The van der Waals surface area contributed by atoms with Crippen molar-refractivity contribution in [3.63, 3.8) is 0 Å². The number of azide groups is 1. The number of rotatable bonds is 7. The van der Waals surface area contributed by atoms with Gasteiger partial charge in [-0.15, -0.1) is 0 Å². The van der Waals surface area contributed by atoms with Crippen LogP contribution in [-0.2, 0) is 0 Å². The summed E-state index contributed by atoms with van der Waals surface area (Å²) >= 11 is 0. The molecule has 0 heterocycles. The van der Waals surface area contributed by atoms with E-state index in [1.165, 1.54) is 0 Å². The maximum atomic E-state index is 9.62. The Balaban J connectivity index is 4.11. The molecule has 5 nitrogen and oxygen atoms in total. The highest BCUT2D eigenvalue weighted by Crippen LogP contribution is 2.13. The van der Waals surface area contributed by atoms with Crippen molar-refractivity contribution >= 4 is 0 Å². The predicted octanol–water partition coefficient (Wildman–Crippen LogP) is 1.99. The van der Waals surface area contributed by atoms with Crippen molar-refractivity contribution in [2.45, 2.75) is 57.8 Å². The molecule has 14 heavy (non-hydrogen) atoms. The van der Waals surface area contributed by atoms with Gasteiger partial charge in [0, 0.05) is 4.91 Å². The minimum absolute atomic E-state index is 0.521. The van der Waals surface area contributed by atoms with Crippen LogP contribution in [0.15, 0.2) is 5.11 Å². The number of aliphatic hydroxyl groups is 2. The molecule has 0 aromatic rings. The van der Waals surface area contributed by atoms with Gasteiger partial charge in [0.2, 0.25) is 0 Å². The van der Waals surface area contributed by atoms with Gasteiger partial charge in [-0.05, 0) is 18.4 Å². The number of nitrogens with zero attached hydrogens (tertiary/aromatic N) is 3. The maximum absolute atomic E-state index is 9.62. The van der Waals surface area contributed by atoms with E-state index in [4.69, 9.17) is 5.53 Å². The zero-order valence-electron chi connectivity index (χ0n) is 8.80. The lowest BCUT2D eigenvalue weighted by molar-refractivity contribution is -0.00187. The summed E-state index contributed by atoms with van der Waals surface area (Å²) in [5.41, 5.74) is 8.24. The Labute approximate surface area is 84.4 Å². The highest BCUT2D eigenvalue weighted by molar-refractivity contribution is 4.80. The molecule has 0 aromatic carbocycles. The van der Waals surface area contributed by atoms with Gasteiger partial charge in [0.15, 0.2) is 0 Å². The minimum Gasteiger partial charge on any atom is -0.390 e. The molecule has 2 N–H and O–H groups in total. The van der Waals surface area contributed by atoms with Crippen LogP contribution in [0.1, 0.15) is 39.5 Å². The van der Waals surface area contributed by atoms with E-state index in [2.05, 4.69) is 10.0 Å². The monoisotopic (exact) mass is 201 g/mol. The van der Waals surface area contributed by atoms with Crippen molar-refractivity contribution in [2.24, 2.45) is 5.11 Å². The Hall–Kier alpha value is -0.770. The standard InChI is InChI=1S/C9H19N3O2/c1-3-5-6-8(13)9(14)7(4-2)11-12-10/h7-9,13-14H,3-6H2,1-2H3. The summed E-state index contributed by atoms with van der Waals surface area (Å²) < 4.78 is 0. The van der Waals surface area contributed by atoms with Gasteiger partial charge in [-0.2, -0.15) is 0 Å². The van der Waals surface area contributed by atoms with E-state index in [0.717, 1.165) is 12.8 Å². The Kier molecular flexibility index (Phi) is 7.20. The van der Waals surface area contributed by atoms with Crippen molar-refractivity contribution < 1.29 is 10.2 Å². The fraction of sp³-hybridized carbons (Fsp3) is 1.00. The SMILES string of the molecule is CCCCC(O)C(O)C(CC)N=[N+]=[N-]. The molecule has 0 saturated carbocycles. The van der Waals surface area contributed by atoms with E-state index in [-0.39, 0.29) is 0 Å². The molecule has 0 rings (SSSR count). The topological polar surface area (TPSA) is 89.2 Å². The third-order valence-electron chi connectivity index (χ3n) is 2.26. The van der Waals surface area contributed by atoms with Gasteiger partial charge in [0.25, 0.3) is 0 Å². The average Bonchev–Trinajstić information content (AvgIpc) is 2.21. The molecule has 0 aliphatic heterocycles. The highest BCUT2D eigenvalue weighted by atomic mass is 16.3. The van der Waals surface area contributed by atoms with E-state index in [1.54, 1.807) is 0 Å². The number of hydrogen-bond donors (Lipinski definition) is 2. The quantitative estimate of drug-likeness (QED) is 0.374. The molecule has 0 bridgehead atoms. The van der Waals surface area contributed by atoms with Gasteiger partial charge in [0.1, 0.15) is 0 Å². The van der Waals surface area contributed by atoms with E-state index >= 15 is 0 Å². The van der Waals surface area contributed by atoms with Crippen LogP contribution < -0.4 is 0 Å². The first-order valence-electron chi connectivity index (χ1n) is 5.07. The van der Waals surface area contributed by atoms with Gasteiger partial charge in [-0.3, -0.25) is 0 Å². The average molecular weight is 201 g/mol. The lowest BCUT2D eigenvalue weighted by Gasteiger charge is -2.22. The van der Waals surface area contributed by atoms with Crippen molar-refractivity contribution in [3.05, 3.63) is 10.4 Å². The van der Waals surface area contributed by atoms with E-state index in [9.17, 15) is 10.2 Å². The molecule has 0 fully saturated rings. The Morgan fingerprint density at radius 2 is 2.00 bits per heavy atom. The summed E-state index contributed by atoms with van der Waals surface area (Å²) in [6, 6.07) is -0.521. The zero-order chi connectivity index (χ0) is 11.0. The third-order valence-corrected chi connectivity index (χ3v) is 2.26. The smallest absolute Gasteiger partial charge is 0.0883 e. The van der Waals surface area contributed by atoms with Crippen LogP contribution in [0.5, 0.6) is 0 Å². The first kappa shape index (κ1) is 13.2. The van der Waals surface area contributed by atoms with Crippen molar-refractivity contribution in [3.8, 4) is 0 Å². The first-order chi connectivity index (χ1) is 6.67. The molecule has 5 heteroatoms. The fourth-order valence-electron chi connectivity index (χ4n) is 1.30. The number of unbranched alkanes of at least 4 members (excludes halogenated alkanes) is 1. The third kappa shape index (κ3) is 4.46. The van der Waals surface area contributed by atoms with Gasteiger partial charge < -0.3 is 10.2 Å². The minimum atomic E-state index is -0.942. The summed E-state index contributed by atoms with van der Waals surface area (Å²) in [5.74, 6) is 0. The lowest BCUT2D eigenvalue weighted by Crippen LogP contribution is -2.35. The van der Waals surface area contributed by atoms with Crippen molar-refractivity contribution in [1.82, 2.24) is 0 Å². The van der Waals surface area contributed by atoms with E-state index in [0.29, 0.717) is 12.8 Å². The number of aliphatic hydroxyl groups excluding tert-OH is 2. The second-order valence-electron chi connectivity index (χ2n) is 3.38. The van der Waals surface area contributed by atoms with Crippen LogP contribution in [0.2, 0.25) is 0 Å². The summed E-state index contributed by atoms with van der Waals surface area (Å²) in [7, 11) is 0. The van der Waals surface area contributed by atoms with Gasteiger partial charge in [-0.1, -0.05) is 31.8 Å². The summed E-state index contributed by atoms with van der Waals surface area (Å²) in [5, 5.41) is 22.6. The van der Waals surface area contributed by atoms with Crippen LogP contribution in [0, 0.1) is 0 Å². The molecule has 0 radical (unpaired) electrons. The Morgan fingerprint density at radius 1 is 1.36 bits per heavy atom. The Morgan fingerprint density at radius 3 is 2.43 bits per heavy atom. The molecule has 3 atom stereocenters.